The van der Waals surface area contributed by atoms with Crippen LogP contribution >= 0.6 is 0 Å². The van der Waals surface area contributed by atoms with E-state index in [0.717, 1.165) is 22.3 Å². The van der Waals surface area contributed by atoms with Crippen LogP contribution in [0.2, 0.25) is 0 Å². The van der Waals surface area contributed by atoms with Gasteiger partial charge in [-0.15, -0.1) is 0 Å². The summed E-state index contributed by atoms with van der Waals surface area (Å²) in [6.07, 6.45) is -1.46. The van der Waals surface area contributed by atoms with Gasteiger partial charge in [-0.25, -0.2) is 4.79 Å². The van der Waals surface area contributed by atoms with Gasteiger partial charge < -0.3 is 15.2 Å². The number of aliphatic hydroxyl groups excluding tert-OH is 1. The Morgan fingerprint density at radius 3 is 2.24 bits per heavy atom. The van der Waals surface area contributed by atoms with Gasteiger partial charge in [-0.1, -0.05) is 60.7 Å². The summed E-state index contributed by atoms with van der Waals surface area (Å²) in [6.45, 7) is 1.67. The van der Waals surface area contributed by atoms with E-state index in [9.17, 15) is 24.8 Å². The van der Waals surface area contributed by atoms with Crippen LogP contribution in [0, 0.1) is 10.1 Å². The molecule has 2 N–H and O–H groups in total. The summed E-state index contributed by atoms with van der Waals surface area (Å²) < 4.78 is 5.06. The van der Waals surface area contributed by atoms with Crippen LogP contribution in [0.25, 0.3) is 11.1 Å². The van der Waals surface area contributed by atoms with Crippen LogP contribution in [0.5, 0.6) is 0 Å². The number of esters is 1. The van der Waals surface area contributed by atoms with Crippen LogP contribution in [0.3, 0.4) is 0 Å². The van der Waals surface area contributed by atoms with Gasteiger partial charge in [0.05, 0.1) is 11.5 Å². The molecule has 1 amide bonds. The van der Waals surface area contributed by atoms with E-state index in [4.69, 9.17) is 4.74 Å². The second kappa shape index (κ2) is 9.84. The van der Waals surface area contributed by atoms with Crippen LogP contribution in [-0.4, -0.2) is 34.6 Å². The van der Waals surface area contributed by atoms with Crippen molar-refractivity contribution in [3.05, 3.63) is 99.6 Å². The Labute approximate surface area is 196 Å². The van der Waals surface area contributed by atoms with Crippen LogP contribution in [-0.2, 0) is 14.3 Å². The second-order valence-corrected chi connectivity index (χ2v) is 8.03. The summed E-state index contributed by atoms with van der Waals surface area (Å²) in [5.41, 5.74) is 4.06. The summed E-state index contributed by atoms with van der Waals surface area (Å²) in [5.74, 6) is -1.47. The average Bonchev–Trinajstić information content (AvgIpc) is 3.16. The maximum atomic E-state index is 13.1. The molecule has 0 unspecified atom stereocenters. The summed E-state index contributed by atoms with van der Waals surface area (Å²) >= 11 is 0. The van der Waals surface area contributed by atoms with Crippen molar-refractivity contribution >= 4 is 17.6 Å². The maximum absolute atomic E-state index is 13.1. The third kappa shape index (κ3) is 4.53. The molecule has 0 saturated heterocycles. The Balaban J connectivity index is 1.58. The maximum Gasteiger partial charge on any atom is 0.331 e. The lowest BCUT2D eigenvalue weighted by molar-refractivity contribution is -0.385. The van der Waals surface area contributed by atoms with E-state index in [1.54, 1.807) is 6.92 Å². The molecule has 3 aromatic carbocycles. The molecule has 4 rings (SSSR count). The van der Waals surface area contributed by atoms with Crippen LogP contribution in [0.15, 0.2) is 72.8 Å². The van der Waals surface area contributed by atoms with Crippen molar-refractivity contribution in [2.45, 2.75) is 31.4 Å². The Kier molecular flexibility index (Phi) is 6.70. The highest BCUT2D eigenvalue weighted by Crippen LogP contribution is 2.46. The van der Waals surface area contributed by atoms with Gasteiger partial charge in [0.25, 0.3) is 5.69 Å². The number of non-ortho nitro benzene ring substituents is 1. The second-order valence-electron chi connectivity index (χ2n) is 8.03. The predicted octanol–water partition coefficient (Wildman–Crippen LogP) is 3.88. The molecule has 1 aliphatic rings. The number of nitrogens with zero attached hydrogens (tertiary/aromatic N) is 1. The van der Waals surface area contributed by atoms with Gasteiger partial charge in [-0.05, 0) is 34.7 Å². The highest BCUT2D eigenvalue weighted by atomic mass is 16.6. The molecule has 8 heteroatoms. The molecular formula is C26H24N2O6. The van der Waals surface area contributed by atoms with Crippen molar-refractivity contribution in [1.82, 2.24) is 5.32 Å². The molecular weight excluding hydrogens is 436 g/mol. The summed E-state index contributed by atoms with van der Waals surface area (Å²) in [4.78, 5) is 36.2. The minimum absolute atomic E-state index is 0.0518. The summed E-state index contributed by atoms with van der Waals surface area (Å²) in [7, 11) is 0. The Morgan fingerprint density at radius 1 is 1.03 bits per heavy atom. The van der Waals surface area contributed by atoms with E-state index >= 15 is 0 Å². The van der Waals surface area contributed by atoms with Crippen molar-refractivity contribution in [3.8, 4) is 11.1 Å². The lowest BCUT2D eigenvalue weighted by Gasteiger charge is -2.24. The smallest absolute Gasteiger partial charge is 0.331 e. The molecule has 2 atom stereocenters. The fraction of sp³-hybridized carbons (Fsp3) is 0.231. The zero-order chi connectivity index (χ0) is 24.2. The number of rotatable bonds is 8. The molecule has 0 fully saturated rings. The Bertz CT molecular complexity index is 1200. The topological polar surface area (TPSA) is 119 Å². The predicted molar refractivity (Wildman–Crippen MR) is 125 cm³/mol. The average molecular weight is 460 g/mol. The molecule has 1 aliphatic carbocycles. The SMILES string of the molecule is CCOC(=O)[C@H](NC(=O)CC1c2ccccc2-c2ccccc21)[C@@H](O)c1cccc([N+](=O)[O-])c1. The molecule has 0 bridgehead atoms. The molecule has 34 heavy (non-hydrogen) atoms. The molecule has 0 heterocycles. The zero-order valence-corrected chi connectivity index (χ0v) is 18.5. The van der Waals surface area contributed by atoms with Gasteiger partial charge >= 0.3 is 5.97 Å². The number of carbonyl (C=O) groups is 2. The summed E-state index contributed by atoms with van der Waals surface area (Å²) in [5, 5.41) is 24.6. The zero-order valence-electron chi connectivity index (χ0n) is 18.5. The number of hydrogen-bond donors (Lipinski definition) is 2. The largest absolute Gasteiger partial charge is 0.464 e. The van der Waals surface area contributed by atoms with Gasteiger partial charge in [0.2, 0.25) is 5.91 Å². The van der Waals surface area contributed by atoms with E-state index < -0.39 is 28.9 Å². The first-order chi connectivity index (χ1) is 16.4. The number of hydrogen-bond acceptors (Lipinski definition) is 6. The number of fused-ring (bicyclic) bond motifs is 3. The van der Waals surface area contributed by atoms with E-state index in [1.807, 2.05) is 48.5 Å². The fourth-order valence-electron chi connectivity index (χ4n) is 4.41. The quantitative estimate of drug-likeness (QED) is 0.299. The lowest BCUT2D eigenvalue weighted by atomic mass is 9.93. The first-order valence-corrected chi connectivity index (χ1v) is 11.0. The van der Waals surface area contributed by atoms with Gasteiger partial charge in [-0.3, -0.25) is 14.9 Å². The number of carbonyl (C=O) groups excluding carboxylic acids is 2. The van der Waals surface area contributed by atoms with Crippen LogP contribution < -0.4 is 5.32 Å². The van der Waals surface area contributed by atoms with Crippen LogP contribution in [0.4, 0.5) is 5.69 Å². The van der Waals surface area contributed by atoms with Crippen molar-refractivity contribution in [2.24, 2.45) is 0 Å². The summed E-state index contributed by atoms with van der Waals surface area (Å²) in [6, 6.07) is 19.6. The first kappa shape index (κ1) is 23.1. The molecule has 0 radical (unpaired) electrons. The minimum Gasteiger partial charge on any atom is -0.464 e. The molecule has 3 aromatic rings. The number of benzene rings is 3. The molecule has 0 saturated carbocycles. The standard InChI is InChI=1S/C26H24N2O6/c1-2-34-26(31)24(25(30)16-8-7-9-17(14-16)28(32)33)27-23(29)15-22-20-12-5-3-10-18(20)19-11-4-6-13-21(19)22/h3-14,22,24-25,30H,2,15H2,1H3,(H,27,29)/t24-,25+/m1/s1. The van der Waals surface area contributed by atoms with Crippen molar-refractivity contribution < 1.29 is 24.4 Å². The number of ether oxygens (including phenoxy) is 1. The minimum atomic E-state index is -1.52. The lowest BCUT2D eigenvalue weighted by Crippen LogP contribution is -2.46. The normalized spacial score (nSPS) is 13.9. The number of nitro groups is 1. The van der Waals surface area contributed by atoms with Gasteiger partial charge in [0, 0.05) is 24.5 Å². The van der Waals surface area contributed by atoms with Crippen LogP contribution in [0.1, 0.15) is 42.1 Å². The molecule has 0 aromatic heterocycles. The van der Waals surface area contributed by atoms with E-state index in [-0.39, 0.29) is 30.2 Å². The van der Waals surface area contributed by atoms with Crippen molar-refractivity contribution in [3.63, 3.8) is 0 Å². The highest BCUT2D eigenvalue weighted by Gasteiger charge is 2.34. The molecule has 0 aliphatic heterocycles. The van der Waals surface area contributed by atoms with E-state index in [0.29, 0.717) is 0 Å². The molecule has 0 spiro atoms. The van der Waals surface area contributed by atoms with Crippen molar-refractivity contribution in [2.75, 3.05) is 6.61 Å². The molecule has 8 nitrogen and oxygen atoms in total. The fourth-order valence-corrected chi connectivity index (χ4v) is 4.41. The first-order valence-electron chi connectivity index (χ1n) is 11.0. The number of aliphatic hydroxyl groups is 1. The Morgan fingerprint density at radius 2 is 1.65 bits per heavy atom. The van der Waals surface area contributed by atoms with Gasteiger partial charge in [0.15, 0.2) is 6.04 Å². The van der Waals surface area contributed by atoms with Gasteiger partial charge in [0.1, 0.15) is 6.10 Å². The van der Waals surface area contributed by atoms with Gasteiger partial charge in [-0.2, -0.15) is 0 Å². The van der Waals surface area contributed by atoms with E-state index in [1.165, 1.54) is 24.3 Å². The third-order valence-corrected chi connectivity index (χ3v) is 5.95. The van der Waals surface area contributed by atoms with Crippen molar-refractivity contribution in [1.29, 1.82) is 0 Å². The Hall–Kier alpha value is -4.04. The van der Waals surface area contributed by atoms with E-state index in [2.05, 4.69) is 5.32 Å². The third-order valence-electron chi connectivity index (χ3n) is 5.95. The highest BCUT2D eigenvalue weighted by molar-refractivity contribution is 5.88. The number of nitrogens with one attached hydrogen (secondary N) is 1. The number of amides is 1. The molecule has 174 valence electrons. The monoisotopic (exact) mass is 460 g/mol. The number of nitro benzene ring substituents is 1.